The van der Waals surface area contributed by atoms with E-state index < -0.39 is 0 Å². The second-order valence-electron chi connectivity index (χ2n) is 3.31. The van der Waals surface area contributed by atoms with Crippen LogP contribution in [0, 0.1) is 0 Å². The van der Waals surface area contributed by atoms with Crippen molar-refractivity contribution in [3.63, 3.8) is 0 Å². The van der Waals surface area contributed by atoms with Gasteiger partial charge in [-0.1, -0.05) is 17.7 Å². The molecule has 2 N–H and O–H groups in total. The van der Waals surface area contributed by atoms with Crippen molar-refractivity contribution in [2.45, 2.75) is 6.54 Å². The van der Waals surface area contributed by atoms with Crippen LogP contribution in [-0.2, 0) is 6.54 Å². The monoisotopic (exact) mass is 312 g/mol. The van der Waals surface area contributed by atoms with E-state index >= 15 is 0 Å². The van der Waals surface area contributed by atoms with E-state index in [1.807, 2.05) is 24.3 Å². The maximum absolute atomic E-state index is 6.04. The molecule has 3 nitrogen and oxygen atoms in total. The molecule has 0 saturated carbocycles. The smallest absolute Gasteiger partial charge is 0.233 e. The fourth-order valence-corrected chi connectivity index (χ4v) is 1.96. The van der Waals surface area contributed by atoms with Crippen molar-refractivity contribution in [2.24, 2.45) is 5.73 Å². The van der Waals surface area contributed by atoms with Crippen LogP contribution < -0.4 is 10.5 Å². The van der Waals surface area contributed by atoms with E-state index in [0.717, 1.165) is 10.0 Å². The first-order valence-electron chi connectivity index (χ1n) is 4.98. The van der Waals surface area contributed by atoms with Gasteiger partial charge in [-0.2, -0.15) is 0 Å². The minimum Gasteiger partial charge on any atom is -0.437 e. The highest BCUT2D eigenvalue weighted by molar-refractivity contribution is 9.10. The number of rotatable bonds is 3. The molecule has 0 radical (unpaired) electrons. The molecule has 0 aliphatic carbocycles. The number of hydrogen-bond donors (Lipinski definition) is 1. The summed E-state index contributed by atoms with van der Waals surface area (Å²) in [5.74, 6) is 1.11. The molecule has 0 amide bonds. The molecule has 0 bridgehead atoms. The fourth-order valence-electron chi connectivity index (χ4n) is 1.38. The average molecular weight is 314 g/mol. The third-order valence-electron chi connectivity index (χ3n) is 2.21. The standard InChI is InChI=1S/C12H10BrClN2O/c13-9-3-2-6-16-12(9)17-11-5-1-4-10(14)8(11)7-15/h1-6H,7,15H2. The zero-order valence-electron chi connectivity index (χ0n) is 8.86. The van der Waals surface area contributed by atoms with E-state index in [1.165, 1.54) is 0 Å². The van der Waals surface area contributed by atoms with Gasteiger partial charge in [0.05, 0.1) is 4.47 Å². The molecule has 0 fully saturated rings. The van der Waals surface area contributed by atoms with E-state index in [-0.39, 0.29) is 0 Å². The minimum atomic E-state index is 0.319. The molecule has 1 heterocycles. The Hall–Kier alpha value is -1.10. The van der Waals surface area contributed by atoms with Crippen LogP contribution in [0.2, 0.25) is 5.02 Å². The molecular formula is C12H10BrClN2O. The van der Waals surface area contributed by atoms with Crippen LogP contribution in [0.5, 0.6) is 11.6 Å². The molecular weight excluding hydrogens is 304 g/mol. The summed E-state index contributed by atoms with van der Waals surface area (Å²) in [5.41, 5.74) is 6.42. The molecule has 2 aromatic rings. The number of hydrogen-bond acceptors (Lipinski definition) is 3. The number of nitrogens with two attached hydrogens (primary N) is 1. The predicted molar refractivity (Wildman–Crippen MR) is 71.4 cm³/mol. The van der Waals surface area contributed by atoms with Crippen LogP contribution >= 0.6 is 27.5 Å². The summed E-state index contributed by atoms with van der Waals surface area (Å²) < 4.78 is 6.47. The Balaban J connectivity index is 2.37. The van der Waals surface area contributed by atoms with Gasteiger partial charge in [-0.15, -0.1) is 0 Å². The van der Waals surface area contributed by atoms with E-state index in [4.69, 9.17) is 22.1 Å². The summed E-state index contributed by atoms with van der Waals surface area (Å²) in [6.07, 6.45) is 1.66. The third kappa shape index (κ3) is 2.77. The molecule has 88 valence electrons. The summed E-state index contributed by atoms with van der Waals surface area (Å²) in [4.78, 5) is 4.13. The normalized spacial score (nSPS) is 10.3. The highest BCUT2D eigenvalue weighted by atomic mass is 79.9. The number of aromatic nitrogens is 1. The minimum absolute atomic E-state index is 0.319. The van der Waals surface area contributed by atoms with Crippen LogP contribution in [0.3, 0.4) is 0 Å². The van der Waals surface area contributed by atoms with E-state index in [9.17, 15) is 0 Å². The highest BCUT2D eigenvalue weighted by Crippen LogP contribution is 2.32. The topological polar surface area (TPSA) is 48.1 Å². The lowest BCUT2D eigenvalue weighted by Gasteiger charge is -2.11. The Morgan fingerprint density at radius 1 is 1.29 bits per heavy atom. The maximum Gasteiger partial charge on any atom is 0.233 e. The first kappa shape index (κ1) is 12.4. The maximum atomic E-state index is 6.04. The van der Waals surface area contributed by atoms with Crippen molar-refractivity contribution in [2.75, 3.05) is 0 Å². The Morgan fingerprint density at radius 2 is 2.12 bits per heavy atom. The van der Waals surface area contributed by atoms with Gasteiger partial charge in [0.1, 0.15) is 5.75 Å². The van der Waals surface area contributed by atoms with E-state index in [1.54, 1.807) is 12.3 Å². The Kier molecular flexibility index (Phi) is 3.99. The second-order valence-corrected chi connectivity index (χ2v) is 4.57. The van der Waals surface area contributed by atoms with Gasteiger partial charge < -0.3 is 10.5 Å². The van der Waals surface area contributed by atoms with Crippen molar-refractivity contribution < 1.29 is 4.74 Å². The van der Waals surface area contributed by atoms with Crippen LogP contribution in [0.15, 0.2) is 41.0 Å². The van der Waals surface area contributed by atoms with E-state index in [2.05, 4.69) is 20.9 Å². The zero-order valence-corrected chi connectivity index (χ0v) is 11.2. The van der Waals surface area contributed by atoms with Crippen LogP contribution in [-0.4, -0.2) is 4.98 Å². The Labute approximate surface area is 113 Å². The molecule has 1 aromatic carbocycles. The van der Waals surface area contributed by atoms with Crippen LogP contribution in [0.1, 0.15) is 5.56 Å². The fraction of sp³-hybridized carbons (Fsp3) is 0.0833. The summed E-state index contributed by atoms with van der Waals surface area (Å²) in [6.45, 7) is 0.319. The molecule has 0 saturated heterocycles. The van der Waals surface area contributed by atoms with Crippen molar-refractivity contribution in [3.05, 3.63) is 51.6 Å². The lowest BCUT2D eigenvalue weighted by Crippen LogP contribution is -2.01. The summed E-state index contributed by atoms with van der Waals surface area (Å²) in [7, 11) is 0. The summed E-state index contributed by atoms with van der Waals surface area (Å²) in [6, 6.07) is 9.08. The molecule has 0 aliphatic heterocycles. The molecule has 0 aliphatic rings. The number of pyridine rings is 1. The summed E-state index contributed by atoms with van der Waals surface area (Å²) in [5, 5.41) is 0.594. The molecule has 17 heavy (non-hydrogen) atoms. The molecule has 0 atom stereocenters. The first-order chi connectivity index (χ1) is 8.22. The quantitative estimate of drug-likeness (QED) is 0.939. The first-order valence-corrected chi connectivity index (χ1v) is 6.15. The van der Waals surface area contributed by atoms with Crippen molar-refractivity contribution >= 4 is 27.5 Å². The van der Waals surface area contributed by atoms with Gasteiger partial charge in [-0.3, -0.25) is 0 Å². The second kappa shape index (κ2) is 5.49. The largest absolute Gasteiger partial charge is 0.437 e. The molecule has 0 spiro atoms. The van der Waals surface area contributed by atoms with Crippen LogP contribution in [0.25, 0.3) is 0 Å². The van der Waals surface area contributed by atoms with Gasteiger partial charge in [-0.25, -0.2) is 4.98 Å². The molecule has 5 heteroatoms. The predicted octanol–water partition coefficient (Wildman–Crippen LogP) is 3.75. The third-order valence-corrected chi connectivity index (χ3v) is 3.17. The Bertz CT molecular complexity index is 534. The number of ether oxygens (including phenoxy) is 1. The van der Waals surface area contributed by atoms with Gasteiger partial charge in [0.25, 0.3) is 0 Å². The number of benzene rings is 1. The van der Waals surface area contributed by atoms with Gasteiger partial charge in [0.15, 0.2) is 0 Å². The van der Waals surface area contributed by atoms with Gasteiger partial charge in [-0.05, 0) is 40.2 Å². The van der Waals surface area contributed by atoms with E-state index in [0.29, 0.717) is 23.2 Å². The van der Waals surface area contributed by atoms with Crippen molar-refractivity contribution in [1.82, 2.24) is 4.98 Å². The lowest BCUT2D eigenvalue weighted by atomic mass is 10.2. The van der Waals surface area contributed by atoms with Gasteiger partial charge in [0.2, 0.25) is 5.88 Å². The Morgan fingerprint density at radius 3 is 2.82 bits per heavy atom. The highest BCUT2D eigenvalue weighted by Gasteiger charge is 2.09. The van der Waals surface area contributed by atoms with Crippen LogP contribution in [0.4, 0.5) is 0 Å². The average Bonchev–Trinajstić information content (AvgIpc) is 2.32. The SMILES string of the molecule is NCc1c(Cl)cccc1Oc1ncccc1Br. The zero-order chi connectivity index (χ0) is 12.3. The molecule has 0 unspecified atom stereocenters. The summed E-state index contributed by atoms with van der Waals surface area (Å²) >= 11 is 9.41. The molecule has 2 rings (SSSR count). The van der Waals surface area contributed by atoms with Crippen molar-refractivity contribution in [1.29, 1.82) is 0 Å². The molecule has 1 aromatic heterocycles. The lowest BCUT2D eigenvalue weighted by molar-refractivity contribution is 0.454. The van der Waals surface area contributed by atoms with Gasteiger partial charge in [0, 0.05) is 23.3 Å². The van der Waals surface area contributed by atoms with Gasteiger partial charge >= 0.3 is 0 Å². The number of halogens is 2. The number of nitrogens with zero attached hydrogens (tertiary/aromatic N) is 1. The van der Waals surface area contributed by atoms with Crippen molar-refractivity contribution in [3.8, 4) is 11.6 Å².